The molecule has 2 rings (SSSR count). The number of hydrogen-bond donors (Lipinski definition) is 1. The molecule has 0 unspecified atom stereocenters. The first-order valence-electron chi connectivity index (χ1n) is 3.27. The molecule has 55 valence electrons. The molecule has 0 atom stereocenters. The van der Waals surface area contributed by atoms with Crippen molar-refractivity contribution in [2.75, 3.05) is 0 Å². The van der Waals surface area contributed by atoms with Gasteiger partial charge >= 0.3 is 0 Å². The van der Waals surface area contributed by atoms with Gasteiger partial charge in [-0.2, -0.15) is 0 Å². The van der Waals surface area contributed by atoms with E-state index >= 15 is 0 Å². The fraction of sp³-hybridized carbons (Fsp3) is 0. The summed E-state index contributed by atoms with van der Waals surface area (Å²) in [5, 5.41) is 0.800. The zero-order chi connectivity index (χ0) is 7.68. The topological polar surface area (TPSA) is 12.0 Å². The molecule has 1 heterocycles. The Bertz CT molecular complexity index is 307. The highest BCUT2D eigenvalue weighted by Crippen LogP contribution is 2.28. The van der Waals surface area contributed by atoms with Crippen LogP contribution < -0.4 is 4.72 Å². The maximum Gasteiger partial charge on any atom is 0.110 e. The first-order chi connectivity index (χ1) is 5.36. The molecule has 1 aliphatic heterocycles. The van der Waals surface area contributed by atoms with Gasteiger partial charge in [-0.15, -0.1) is 0 Å². The fourth-order valence-corrected chi connectivity index (χ4v) is 1.88. The van der Waals surface area contributed by atoms with Crippen molar-refractivity contribution in [3.8, 4) is 0 Å². The normalized spacial score (nSPS) is 14.7. The SMILES string of the molecule is [S]C1=Cc2ccccc2SN1. The molecule has 1 N–H and O–H groups in total. The Balaban J connectivity index is 2.51. The van der Waals surface area contributed by atoms with Crippen LogP contribution >= 0.6 is 24.6 Å². The lowest BCUT2D eigenvalue weighted by Gasteiger charge is -2.12. The van der Waals surface area contributed by atoms with Gasteiger partial charge in [-0.25, -0.2) is 0 Å². The van der Waals surface area contributed by atoms with E-state index < -0.39 is 0 Å². The van der Waals surface area contributed by atoms with Crippen LogP contribution in [0.3, 0.4) is 0 Å². The molecular weight excluding hydrogens is 174 g/mol. The molecule has 0 saturated carbocycles. The molecule has 0 saturated heterocycles. The molecule has 1 radical (unpaired) electrons. The highest BCUT2D eigenvalue weighted by Gasteiger charge is 2.06. The summed E-state index contributed by atoms with van der Waals surface area (Å²) in [6, 6.07) is 8.18. The third-order valence-corrected chi connectivity index (χ3v) is 2.73. The molecule has 1 nitrogen and oxygen atoms in total. The zero-order valence-corrected chi connectivity index (χ0v) is 7.34. The molecule has 1 aromatic rings. The molecule has 0 amide bonds. The van der Waals surface area contributed by atoms with Crippen LogP contribution in [0, 0.1) is 0 Å². The van der Waals surface area contributed by atoms with Crippen LogP contribution in [-0.4, -0.2) is 0 Å². The van der Waals surface area contributed by atoms with Gasteiger partial charge in [-0.3, -0.25) is 0 Å². The van der Waals surface area contributed by atoms with Crippen LogP contribution in [0.25, 0.3) is 6.08 Å². The number of nitrogens with one attached hydrogen (secondary N) is 1. The van der Waals surface area contributed by atoms with Crippen molar-refractivity contribution in [2.24, 2.45) is 0 Å². The summed E-state index contributed by atoms with van der Waals surface area (Å²) in [6.45, 7) is 0. The van der Waals surface area contributed by atoms with Gasteiger partial charge in [0.25, 0.3) is 0 Å². The Morgan fingerprint density at radius 3 is 3.00 bits per heavy atom. The molecular formula is C8H6NS2. The standard InChI is InChI=1S/C8H6NS2/c10-8-5-6-3-1-2-4-7(6)11-9-8/h1-5,9H. The van der Waals surface area contributed by atoms with Crippen LogP contribution in [-0.2, 0) is 0 Å². The van der Waals surface area contributed by atoms with E-state index in [1.807, 2.05) is 18.2 Å². The van der Waals surface area contributed by atoms with E-state index in [9.17, 15) is 0 Å². The van der Waals surface area contributed by atoms with Crippen molar-refractivity contribution < 1.29 is 0 Å². The Morgan fingerprint density at radius 2 is 2.09 bits per heavy atom. The van der Waals surface area contributed by atoms with Gasteiger partial charge in [0.1, 0.15) is 5.03 Å². The lowest BCUT2D eigenvalue weighted by molar-refractivity contribution is 1.30. The summed E-state index contributed by atoms with van der Waals surface area (Å²) in [6.07, 6.45) is 1.97. The molecule has 1 aromatic carbocycles. The minimum atomic E-state index is 0.800. The van der Waals surface area contributed by atoms with E-state index in [4.69, 9.17) is 12.6 Å². The van der Waals surface area contributed by atoms with E-state index in [1.54, 1.807) is 11.9 Å². The van der Waals surface area contributed by atoms with Crippen molar-refractivity contribution in [2.45, 2.75) is 4.90 Å². The summed E-state index contributed by atoms with van der Waals surface area (Å²) in [4.78, 5) is 1.24. The van der Waals surface area contributed by atoms with Crippen LogP contribution in [0.1, 0.15) is 5.56 Å². The van der Waals surface area contributed by atoms with Crippen LogP contribution in [0.5, 0.6) is 0 Å². The summed E-state index contributed by atoms with van der Waals surface area (Å²) in [7, 11) is 0. The first kappa shape index (κ1) is 7.00. The highest BCUT2D eigenvalue weighted by atomic mass is 32.2. The van der Waals surface area contributed by atoms with Gasteiger partial charge < -0.3 is 4.72 Å². The van der Waals surface area contributed by atoms with Gasteiger partial charge in [-0.05, 0) is 29.7 Å². The lowest BCUT2D eigenvalue weighted by atomic mass is 10.2. The van der Waals surface area contributed by atoms with E-state index in [0.29, 0.717) is 0 Å². The lowest BCUT2D eigenvalue weighted by Crippen LogP contribution is -2.02. The largest absolute Gasteiger partial charge is 0.317 e. The summed E-state index contributed by atoms with van der Waals surface area (Å²) in [5.41, 5.74) is 1.21. The fourth-order valence-electron chi connectivity index (χ4n) is 0.969. The molecule has 0 fully saturated rings. The summed E-state index contributed by atoms with van der Waals surface area (Å²) >= 11 is 6.57. The minimum absolute atomic E-state index is 0.800. The number of fused-ring (bicyclic) bond motifs is 1. The van der Waals surface area contributed by atoms with Gasteiger partial charge in [-0.1, -0.05) is 30.8 Å². The predicted octanol–water partition coefficient (Wildman–Crippen LogP) is 2.79. The number of rotatable bonds is 0. The highest BCUT2D eigenvalue weighted by molar-refractivity contribution is 7.98. The molecule has 0 aromatic heterocycles. The minimum Gasteiger partial charge on any atom is -0.317 e. The van der Waals surface area contributed by atoms with Crippen molar-refractivity contribution in [1.29, 1.82) is 0 Å². The monoisotopic (exact) mass is 180 g/mol. The maximum atomic E-state index is 4.99. The zero-order valence-electron chi connectivity index (χ0n) is 5.70. The van der Waals surface area contributed by atoms with Crippen molar-refractivity contribution in [3.63, 3.8) is 0 Å². The van der Waals surface area contributed by atoms with Crippen LogP contribution in [0.4, 0.5) is 0 Å². The smallest absolute Gasteiger partial charge is 0.110 e. The molecule has 0 aliphatic carbocycles. The van der Waals surface area contributed by atoms with Crippen molar-refractivity contribution >= 4 is 30.7 Å². The van der Waals surface area contributed by atoms with Crippen molar-refractivity contribution in [1.82, 2.24) is 4.72 Å². The predicted molar refractivity (Wildman–Crippen MR) is 51.0 cm³/mol. The number of benzene rings is 1. The third-order valence-electron chi connectivity index (χ3n) is 1.47. The average Bonchev–Trinajstić information content (AvgIpc) is 2.04. The van der Waals surface area contributed by atoms with E-state index in [-0.39, 0.29) is 0 Å². The Kier molecular flexibility index (Phi) is 1.75. The van der Waals surface area contributed by atoms with Gasteiger partial charge in [0.2, 0.25) is 0 Å². The van der Waals surface area contributed by atoms with Gasteiger partial charge in [0, 0.05) is 4.90 Å². The Labute approximate surface area is 75.4 Å². The number of hydrogen-bond acceptors (Lipinski definition) is 2. The van der Waals surface area contributed by atoms with E-state index in [2.05, 4.69) is 16.9 Å². The van der Waals surface area contributed by atoms with Gasteiger partial charge in [0.15, 0.2) is 0 Å². The molecule has 0 bridgehead atoms. The third kappa shape index (κ3) is 1.34. The second kappa shape index (κ2) is 2.75. The quantitative estimate of drug-likeness (QED) is 0.616. The van der Waals surface area contributed by atoms with E-state index in [1.165, 1.54) is 10.5 Å². The van der Waals surface area contributed by atoms with Crippen LogP contribution in [0.2, 0.25) is 0 Å². The van der Waals surface area contributed by atoms with Crippen molar-refractivity contribution in [3.05, 3.63) is 34.9 Å². The molecule has 1 aliphatic rings. The molecule has 0 spiro atoms. The second-order valence-corrected chi connectivity index (χ2v) is 3.54. The summed E-state index contributed by atoms with van der Waals surface area (Å²) < 4.78 is 3.03. The Hall–Kier alpha value is -0.670. The molecule has 11 heavy (non-hydrogen) atoms. The first-order valence-corrected chi connectivity index (χ1v) is 4.49. The maximum absolute atomic E-state index is 4.99. The van der Waals surface area contributed by atoms with Gasteiger partial charge in [0.05, 0.1) is 0 Å². The molecule has 3 heteroatoms. The van der Waals surface area contributed by atoms with E-state index in [0.717, 1.165) is 5.03 Å². The summed E-state index contributed by atoms with van der Waals surface area (Å²) in [5.74, 6) is 0. The average molecular weight is 180 g/mol. The van der Waals surface area contributed by atoms with Crippen LogP contribution in [0.15, 0.2) is 34.2 Å². The Morgan fingerprint density at radius 1 is 1.27 bits per heavy atom. The second-order valence-electron chi connectivity index (χ2n) is 2.25.